The van der Waals surface area contributed by atoms with Crippen LogP contribution in [0, 0.1) is 17.8 Å². The van der Waals surface area contributed by atoms with Crippen molar-refractivity contribution in [3.63, 3.8) is 0 Å². The van der Waals surface area contributed by atoms with Gasteiger partial charge >= 0.3 is 7.12 Å². The molecule has 2 heterocycles. The summed E-state index contributed by atoms with van der Waals surface area (Å²) in [5, 5.41) is 24.5. The monoisotopic (exact) mass is 522 g/mol. The molecule has 39 heavy (non-hydrogen) atoms. The van der Waals surface area contributed by atoms with Crippen LogP contribution in [0.4, 0.5) is 17.1 Å². The summed E-state index contributed by atoms with van der Waals surface area (Å²) >= 11 is 0. The number of anilines is 3. The summed E-state index contributed by atoms with van der Waals surface area (Å²) in [6.45, 7) is 2.07. The standard InChI is InChI=1S/C31H31BN2O5/c1-2-7-20-17-26-28(25-18-27(39-32(38)29(20)25)19-8-6-11-24(35)16-19)31(37)34(30(26)36)23-14-12-22(13-15-23)33-21-9-4-3-5-10-21/h3-6,8-16,25-28,33,35,38H,2,7,17-18H2,1H3/t25-,26-,27-,28+/m0/s1. The van der Waals surface area contributed by atoms with Gasteiger partial charge in [-0.1, -0.05) is 49.2 Å². The smallest absolute Gasteiger partial charge is 0.487 e. The second-order valence-electron chi connectivity index (χ2n) is 10.6. The van der Waals surface area contributed by atoms with Gasteiger partial charge in [-0.15, -0.1) is 0 Å². The van der Waals surface area contributed by atoms with Gasteiger partial charge in [0.2, 0.25) is 11.8 Å². The second kappa shape index (κ2) is 10.4. The van der Waals surface area contributed by atoms with E-state index in [1.165, 1.54) is 4.90 Å². The average molecular weight is 522 g/mol. The van der Waals surface area contributed by atoms with E-state index in [0.29, 0.717) is 18.5 Å². The highest BCUT2D eigenvalue weighted by Crippen LogP contribution is 2.52. The number of phenols is 1. The largest absolute Gasteiger partial charge is 0.508 e. The number of aromatic hydroxyl groups is 1. The van der Waals surface area contributed by atoms with Crippen molar-refractivity contribution in [3.8, 4) is 5.75 Å². The molecule has 0 aromatic heterocycles. The first-order valence-corrected chi connectivity index (χ1v) is 13.6. The van der Waals surface area contributed by atoms with Gasteiger partial charge in [0.1, 0.15) is 5.75 Å². The maximum atomic E-state index is 14.0. The fourth-order valence-electron chi connectivity index (χ4n) is 6.53. The predicted molar refractivity (Wildman–Crippen MR) is 150 cm³/mol. The third-order valence-corrected chi connectivity index (χ3v) is 8.19. The van der Waals surface area contributed by atoms with Gasteiger partial charge in [0.15, 0.2) is 0 Å². The van der Waals surface area contributed by atoms with Crippen molar-refractivity contribution in [2.45, 2.75) is 38.7 Å². The SMILES string of the molecule is CCCC1=C2B(O)O[C@H](c3cccc(O)c3)C[C@H]2[C@H]2C(=O)N(c3ccc(Nc4ccccc4)cc3)C(=O)[C@H]2C1. The maximum Gasteiger partial charge on any atom is 0.487 e. The van der Waals surface area contributed by atoms with Gasteiger partial charge < -0.3 is 20.1 Å². The first kappa shape index (κ1) is 25.4. The summed E-state index contributed by atoms with van der Waals surface area (Å²) in [4.78, 5) is 29.1. The minimum atomic E-state index is -1.15. The van der Waals surface area contributed by atoms with E-state index in [1.807, 2.05) is 48.5 Å². The number of nitrogens with one attached hydrogen (secondary N) is 1. The van der Waals surface area contributed by atoms with Crippen molar-refractivity contribution in [1.82, 2.24) is 0 Å². The minimum absolute atomic E-state index is 0.114. The molecule has 2 aliphatic heterocycles. The first-order valence-electron chi connectivity index (χ1n) is 13.6. The van der Waals surface area contributed by atoms with Crippen LogP contribution in [0.1, 0.15) is 44.3 Å². The molecule has 2 saturated heterocycles. The van der Waals surface area contributed by atoms with Crippen LogP contribution in [0.5, 0.6) is 5.75 Å². The van der Waals surface area contributed by atoms with Gasteiger partial charge in [0.25, 0.3) is 0 Å². The molecule has 2 fully saturated rings. The molecule has 8 heteroatoms. The quantitative estimate of drug-likeness (QED) is 0.291. The molecule has 3 aromatic carbocycles. The van der Waals surface area contributed by atoms with Crippen LogP contribution in [0.2, 0.25) is 0 Å². The van der Waals surface area contributed by atoms with Crippen LogP contribution < -0.4 is 10.2 Å². The number of para-hydroxylation sites is 1. The Bertz CT molecular complexity index is 1420. The minimum Gasteiger partial charge on any atom is -0.508 e. The Balaban J connectivity index is 1.30. The number of allylic oxidation sites excluding steroid dienone is 2. The van der Waals surface area contributed by atoms with Gasteiger partial charge in [-0.25, -0.2) is 0 Å². The van der Waals surface area contributed by atoms with E-state index >= 15 is 0 Å². The molecule has 198 valence electrons. The lowest BCUT2D eigenvalue weighted by atomic mass is 9.54. The Hall–Kier alpha value is -3.88. The van der Waals surface area contributed by atoms with Crippen LogP contribution in [0.25, 0.3) is 0 Å². The van der Waals surface area contributed by atoms with E-state index in [9.17, 15) is 19.7 Å². The third-order valence-electron chi connectivity index (χ3n) is 8.19. The van der Waals surface area contributed by atoms with Crippen LogP contribution >= 0.6 is 0 Å². The predicted octanol–water partition coefficient (Wildman–Crippen LogP) is 5.54. The van der Waals surface area contributed by atoms with Crippen LogP contribution in [-0.2, 0) is 14.2 Å². The summed E-state index contributed by atoms with van der Waals surface area (Å²) < 4.78 is 6.03. The number of carbonyl (C=O) groups excluding carboxylic acids is 2. The highest BCUT2D eigenvalue weighted by Gasteiger charge is 2.58. The summed E-state index contributed by atoms with van der Waals surface area (Å²) in [6, 6.07) is 23.9. The molecule has 0 spiro atoms. The summed E-state index contributed by atoms with van der Waals surface area (Å²) in [5.41, 5.74) is 4.88. The lowest BCUT2D eigenvalue weighted by Crippen LogP contribution is -2.44. The summed E-state index contributed by atoms with van der Waals surface area (Å²) in [6.07, 6.45) is 2.02. The molecular formula is C31H31BN2O5. The van der Waals surface area contributed by atoms with Gasteiger partial charge in [-0.2, -0.15) is 0 Å². The molecule has 0 radical (unpaired) electrons. The molecule has 2 amide bonds. The maximum absolute atomic E-state index is 14.0. The number of imide groups is 1. The number of rotatable bonds is 6. The number of nitrogens with zero attached hydrogens (tertiary/aromatic N) is 1. The number of phenolic OH excluding ortho intramolecular Hbond substituents is 1. The molecule has 0 saturated carbocycles. The zero-order valence-corrected chi connectivity index (χ0v) is 21.8. The van der Waals surface area contributed by atoms with E-state index in [4.69, 9.17) is 4.65 Å². The highest BCUT2D eigenvalue weighted by atomic mass is 16.5. The lowest BCUT2D eigenvalue weighted by molar-refractivity contribution is -0.123. The molecule has 1 aliphatic carbocycles. The fourth-order valence-corrected chi connectivity index (χ4v) is 6.53. The van der Waals surface area contributed by atoms with Crippen molar-refractivity contribution < 1.29 is 24.4 Å². The lowest BCUT2D eigenvalue weighted by Gasteiger charge is -2.42. The Morgan fingerprint density at radius 1 is 0.949 bits per heavy atom. The van der Waals surface area contributed by atoms with Crippen LogP contribution in [0.3, 0.4) is 0 Å². The fraction of sp³-hybridized carbons (Fsp3) is 0.290. The van der Waals surface area contributed by atoms with Gasteiger partial charge in [-0.3, -0.25) is 14.5 Å². The van der Waals surface area contributed by atoms with Gasteiger partial charge in [0, 0.05) is 11.4 Å². The molecule has 0 bridgehead atoms. The molecule has 3 aliphatic rings. The summed E-state index contributed by atoms with van der Waals surface area (Å²) in [5.74, 6) is -1.64. The molecule has 0 unspecified atom stereocenters. The Labute approximate surface area is 228 Å². The van der Waals surface area contributed by atoms with E-state index in [-0.39, 0.29) is 23.5 Å². The molecule has 7 nitrogen and oxygen atoms in total. The zero-order valence-electron chi connectivity index (χ0n) is 21.8. The van der Waals surface area contributed by atoms with Crippen molar-refractivity contribution in [2.24, 2.45) is 17.8 Å². The first-order chi connectivity index (χ1) is 18.9. The normalized spacial score (nSPS) is 24.6. The third kappa shape index (κ3) is 4.64. The topological polar surface area (TPSA) is 99.1 Å². The number of hydrogen-bond donors (Lipinski definition) is 3. The van der Waals surface area contributed by atoms with Crippen molar-refractivity contribution >= 4 is 36.0 Å². The van der Waals surface area contributed by atoms with Gasteiger partial charge in [0.05, 0.1) is 23.6 Å². The van der Waals surface area contributed by atoms with Crippen LogP contribution in [-0.4, -0.2) is 29.1 Å². The molecule has 3 N–H and O–H groups in total. The highest BCUT2D eigenvalue weighted by molar-refractivity contribution is 6.53. The van der Waals surface area contributed by atoms with E-state index in [2.05, 4.69) is 12.2 Å². The van der Waals surface area contributed by atoms with Gasteiger partial charge in [-0.05, 0) is 84.7 Å². The average Bonchev–Trinajstić information content (AvgIpc) is 3.19. The number of fused-ring (bicyclic) bond motifs is 3. The Kier molecular flexibility index (Phi) is 6.75. The second-order valence-corrected chi connectivity index (χ2v) is 10.6. The van der Waals surface area contributed by atoms with E-state index in [0.717, 1.165) is 40.8 Å². The Morgan fingerprint density at radius 3 is 2.41 bits per heavy atom. The summed E-state index contributed by atoms with van der Waals surface area (Å²) in [7, 11) is -1.15. The van der Waals surface area contributed by atoms with Crippen LogP contribution in [0.15, 0.2) is 89.9 Å². The Morgan fingerprint density at radius 2 is 1.69 bits per heavy atom. The zero-order chi connectivity index (χ0) is 27.1. The van der Waals surface area contributed by atoms with E-state index < -0.39 is 25.1 Å². The number of amides is 2. The number of benzene rings is 3. The number of carbonyl (C=O) groups is 2. The molecule has 3 aromatic rings. The van der Waals surface area contributed by atoms with Crippen molar-refractivity contribution in [3.05, 3.63) is 95.5 Å². The molecule has 4 atom stereocenters. The van der Waals surface area contributed by atoms with E-state index in [1.54, 1.807) is 30.3 Å². The number of hydrogen-bond acceptors (Lipinski definition) is 6. The van der Waals surface area contributed by atoms with Crippen molar-refractivity contribution in [1.29, 1.82) is 0 Å². The van der Waals surface area contributed by atoms with Crippen molar-refractivity contribution in [2.75, 3.05) is 10.2 Å². The molecule has 6 rings (SSSR count). The molecular weight excluding hydrogens is 491 g/mol.